The lowest BCUT2D eigenvalue weighted by Gasteiger charge is -2.35. The summed E-state index contributed by atoms with van der Waals surface area (Å²) in [4.78, 5) is 33.5. The zero-order chi connectivity index (χ0) is 21.7. The summed E-state index contributed by atoms with van der Waals surface area (Å²) in [6.07, 6.45) is 0.948. The number of amides is 1. The lowest BCUT2D eigenvalue weighted by Crippen LogP contribution is -2.46. The normalized spacial score (nSPS) is 18.7. The number of morpholine rings is 1. The average Bonchev–Trinajstić information content (AvgIpc) is 2.71. The van der Waals surface area contributed by atoms with Crippen molar-refractivity contribution in [1.82, 2.24) is 15.3 Å². The molecule has 0 saturated carbocycles. The molecule has 1 aliphatic rings. The van der Waals surface area contributed by atoms with Crippen LogP contribution >= 0.6 is 0 Å². The topological polar surface area (TPSA) is 140 Å². The first kappa shape index (κ1) is 21.4. The zero-order valence-corrected chi connectivity index (χ0v) is 16.6. The Bertz CT molecular complexity index is 914. The molecule has 0 radical (unpaired) electrons. The van der Waals surface area contributed by atoms with Crippen molar-refractivity contribution in [3.05, 3.63) is 46.3 Å². The quantitative estimate of drug-likeness (QED) is 0.507. The molecule has 1 aromatic heterocycles. The Balaban J connectivity index is 1.96. The second-order valence-corrected chi connectivity index (χ2v) is 6.85. The van der Waals surface area contributed by atoms with E-state index in [0.29, 0.717) is 13.1 Å². The largest absolute Gasteiger partial charge is 0.433 e. The number of aromatic nitrogens is 2. The van der Waals surface area contributed by atoms with Crippen LogP contribution in [0.1, 0.15) is 24.2 Å². The number of hydrogen-bond acceptors (Lipinski definition) is 9. The van der Waals surface area contributed by atoms with Crippen molar-refractivity contribution >= 4 is 17.4 Å². The van der Waals surface area contributed by atoms with Gasteiger partial charge in [-0.3, -0.25) is 14.9 Å². The molecule has 0 aliphatic carbocycles. The number of carbonyl (C=O) groups is 1. The van der Waals surface area contributed by atoms with Crippen molar-refractivity contribution in [2.24, 2.45) is 0 Å². The molecule has 2 heterocycles. The maximum absolute atomic E-state index is 12.3. The first-order valence-corrected chi connectivity index (χ1v) is 9.46. The van der Waals surface area contributed by atoms with E-state index in [1.54, 1.807) is 17.0 Å². The molecule has 2 unspecified atom stereocenters. The maximum Gasteiger partial charge on any atom is 0.373 e. The van der Waals surface area contributed by atoms with Gasteiger partial charge in [0.2, 0.25) is 5.82 Å². The summed E-state index contributed by atoms with van der Waals surface area (Å²) in [5, 5.41) is 23.3. The number of anilines is 1. The van der Waals surface area contributed by atoms with Gasteiger partial charge in [-0.2, -0.15) is 4.98 Å². The van der Waals surface area contributed by atoms with Gasteiger partial charge in [0.15, 0.2) is 0 Å². The second kappa shape index (κ2) is 9.46. The Hall–Kier alpha value is -3.31. The Kier molecular flexibility index (Phi) is 6.75. The van der Waals surface area contributed by atoms with Gasteiger partial charge < -0.3 is 24.8 Å². The number of ether oxygens (including phenoxy) is 2. The molecular formula is C19H23N5O6. The van der Waals surface area contributed by atoms with Gasteiger partial charge in [-0.25, -0.2) is 4.98 Å². The standard InChI is InChI=1S/C19H23N5O6/c1-12-9-23(10-13(2)29-12)17-16(24(27)28)19(22-11-21-17)30-15-6-4-3-5-14(15)18(26)20-7-8-25/h3-6,11-13,25H,7-10H2,1-2H3,(H,20,26). The van der Waals surface area contributed by atoms with Crippen molar-refractivity contribution in [3.63, 3.8) is 0 Å². The minimum Gasteiger partial charge on any atom is -0.433 e. The number of aliphatic hydroxyl groups excluding tert-OH is 1. The van der Waals surface area contributed by atoms with Crippen molar-refractivity contribution < 1.29 is 24.3 Å². The highest BCUT2D eigenvalue weighted by Gasteiger charge is 2.33. The van der Waals surface area contributed by atoms with Crippen LogP contribution in [-0.4, -0.2) is 64.4 Å². The molecule has 1 aromatic carbocycles. The summed E-state index contributed by atoms with van der Waals surface area (Å²) in [7, 11) is 0. The van der Waals surface area contributed by atoms with Gasteiger partial charge in [-0.1, -0.05) is 12.1 Å². The van der Waals surface area contributed by atoms with E-state index in [4.69, 9.17) is 14.6 Å². The molecule has 0 spiro atoms. The number of nitro groups is 1. The smallest absolute Gasteiger partial charge is 0.373 e. The molecule has 30 heavy (non-hydrogen) atoms. The maximum atomic E-state index is 12.3. The van der Waals surface area contributed by atoms with E-state index in [1.165, 1.54) is 18.5 Å². The van der Waals surface area contributed by atoms with Gasteiger partial charge in [-0.15, -0.1) is 0 Å². The molecule has 1 saturated heterocycles. The molecule has 2 N–H and O–H groups in total. The van der Waals surface area contributed by atoms with E-state index < -0.39 is 10.8 Å². The average molecular weight is 417 g/mol. The van der Waals surface area contributed by atoms with Gasteiger partial charge in [0.1, 0.15) is 12.1 Å². The van der Waals surface area contributed by atoms with Crippen molar-refractivity contribution in [2.45, 2.75) is 26.1 Å². The third-order valence-corrected chi connectivity index (χ3v) is 4.41. The van der Waals surface area contributed by atoms with Gasteiger partial charge in [0, 0.05) is 19.6 Å². The van der Waals surface area contributed by atoms with Crippen LogP contribution in [0.15, 0.2) is 30.6 Å². The molecule has 2 atom stereocenters. The van der Waals surface area contributed by atoms with Gasteiger partial charge in [-0.05, 0) is 26.0 Å². The molecule has 11 heteroatoms. The van der Waals surface area contributed by atoms with Gasteiger partial charge in [0.25, 0.3) is 5.91 Å². The van der Waals surface area contributed by atoms with E-state index in [9.17, 15) is 14.9 Å². The van der Waals surface area contributed by atoms with E-state index in [-0.39, 0.29) is 54.1 Å². The lowest BCUT2D eigenvalue weighted by molar-refractivity contribution is -0.385. The molecule has 160 valence electrons. The highest BCUT2D eigenvalue weighted by Crippen LogP contribution is 2.37. The van der Waals surface area contributed by atoms with Crippen molar-refractivity contribution in [2.75, 3.05) is 31.1 Å². The minimum atomic E-state index is -0.593. The number of nitrogens with zero attached hydrogens (tertiary/aromatic N) is 4. The van der Waals surface area contributed by atoms with Gasteiger partial charge in [0.05, 0.1) is 29.3 Å². The first-order chi connectivity index (χ1) is 14.4. The Morgan fingerprint density at radius 1 is 1.33 bits per heavy atom. The Labute approximate surface area is 172 Å². The molecule has 2 aromatic rings. The Morgan fingerprint density at radius 3 is 2.70 bits per heavy atom. The summed E-state index contributed by atoms with van der Waals surface area (Å²) in [6.45, 7) is 4.48. The number of benzene rings is 1. The summed E-state index contributed by atoms with van der Waals surface area (Å²) >= 11 is 0. The highest BCUT2D eigenvalue weighted by atomic mass is 16.6. The van der Waals surface area contributed by atoms with E-state index >= 15 is 0 Å². The second-order valence-electron chi connectivity index (χ2n) is 6.85. The van der Waals surface area contributed by atoms with E-state index in [1.807, 2.05) is 13.8 Å². The SMILES string of the molecule is CC1CN(c2ncnc(Oc3ccccc3C(=O)NCCO)c2[N+](=O)[O-])CC(C)O1. The number of nitrogens with one attached hydrogen (secondary N) is 1. The van der Waals surface area contributed by atoms with Crippen LogP contribution < -0.4 is 15.0 Å². The van der Waals surface area contributed by atoms with Crippen LogP contribution in [0.5, 0.6) is 11.6 Å². The van der Waals surface area contributed by atoms with Crippen molar-refractivity contribution in [1.29, 1.82) is 0 Å². The molecule has 1 aliphatic heterocycles. The van der Waals surface area contributed by atoms with Gasteiger partial charge >= 0.3 is 11.6 Å². The number of aliphatic hydroxyl groups is 1. The number of para-hydroxylation sites is 1. The van der Waals surface area contributed by atoms with Crippen LogP contribution in [0.25, 0.3) is 0 Å². The fourth-order valence-corrected chi connectivity index (χ4v) is 3.28. The summed E-state index contributed by atoms with van der Waals surface area (Å²) < 4.78 is 11.4. The van der Waals surface area contributed by atoms with Crippen LogP contribution in [0.4, 0.5) is 11.5 Å². The number of carbonyl (C=O) groups excluding carboxylic acids is 1. The van der Waals surface area contributed by atoms with E-state index in [2.05, 4.69) is 15.3 Å². The lowest BCUT2D eigenvalue weighted by atomic mass is 10.2. The predicted octanol–water partition coefficient (Wildman–Crippen LogP) is 1.51. The fraction of sp³-hybridized carbons (Fsp3) is 0.421. The van der Waals surface area contributed by atoms with Crippen LogP contribution in [0.2, 0.25) is 0 Å². The van der Waals surface area contributed by atoms with Crippen LogP contribution in [0, 0.1) is 10.1 Å². The van der Waals surface area contributed by atoms with Crippen molar-refractivity contribution in [3.8, 4) is 11.6 Å². The molecule has 0 bridgehead atoms. The first-order valence-electron chi connectivity index (χ1n) is 9.46. The predicted molar refractivity (Wildman–Crippen MR) is 107 cm³/mol. The fourth-order valence-electron chi connectivity index (χ4n) is 3.28. The van der Waals surface area contributed by atoms with E-state index in [0.717, 1.165) is 0 Å². The number of rotatable bonds is 7. The Morgan fingerprint density at radius 2 is 2.03 bits per heavy atom. The summed E-state index contributed by atoms with van der Waals surface area (Å²) in [6, 6.07) is 6.30. The third-order valence-electron chi connectivity index (χ3n) is 4.41. The monoisotopic (exact) mass is 417 g/mol. The molecule has 3 rings (SSSR count). The highest BCUT2D eigenvalue weighted by molar-refractivity contribution is 5.97. The van der Waals surface area contributed by atoms with Crippen LogP contribution in [-0.2, 0) is 4.74 Å². The summed E-state index contributed by atoms with van der Waals surface area (Å²) in [5.74, 6) is -0.509. The summed E-state index contributed by atoms with van der Waals surface area (Å²) in [5.41, 5.74) is -0.224. The molecule has 11 nitrogen and oxygen atoms in total. The molecular weight excluding hydrogens is 394 g/mol. The molecule has 1 amide bonds. The molecule has 1 fully saturated rings. The number of hydrogen-bond donors (Lipinski definition) is 2. The minimum absolute atomic E-state index is 0.0678. The third kappa shape index (κ3) is 4.81. The van der Waals surface area contributed by atoms with Crippen LogP contribution in [0.3, 0.4) is 0 Å². The zero-order valence-electron chi connectivity index (χ0n) is 16.6.